The fraction of sp³-hybridized carbons (Fsp3) is 0.0526. The zero-order valence-electron chi connectivity index (χ0n) is 12.7. The SMILES string of the molecule is O=C(NC(c1ccccc1)c1ccccc1)c1occc(=S)c1O. The van der Waals surface area contributed by atoms with Crippen LogP contribution < -0.4 is 5.32 Å². The minimum Gasteiger partial charge on any atom is -0.503 e. The van der Waals surface area contributed by atoms with E-state index in [1.54, 1.807) is 0 Å². The fourth-order valence-corrected chi connectivity index (χ4v) is 2.57. The van der Waals surface area contributed by atoms with Crippen molar-refractivity contribution < 1.29 is 14.3 Å². The summed E-state index contributed by atoms with van der Waals surface area (Å²) < 4.78 is 5.31. The van der Waals surface area contributed by atoms with Gasteiger partial charge in [-0.2, -0.15) is 0 Å². The predicted octanol–water partition coefficient (Wildman–Crippen LogP) is 4.23. The zero-order chi connectivity index (χ0) is 16.9. The largest absolute Gasteiger partial charge is 0.503 e. The summed E-state index contributed by atoms with van der Waals surface area (Å²) in [6, 6.07) is 20.2. The summed E-state index contributed by atoms with van der Waals surface area (Å²) in [5, 5.41) is 12.9. The zero-order valence-corrected chi connectivity index (χ0v) is 13.5. The average molecular weight is 337 g/mol. The van der Waals surface area contributed by atoms with Crippen LogP contribution in [-0.4, -0.2) is 11.0 Å². The van der Waals surface area contributed by atoms with Gasteiger partial charge in [0.2, 0.25) is 5.76 Å². The quantitative estimate of drug-likeness (QED) is 0.699. The Bertz CT molecular complexity index is 852. The minimum atomic E-state index is -0.531. The molecule has 0 spiro atoms. The predicted molar refractivity (Wildman–Crippen MR) is 93.4 cm³/mol. The van der Waals surface area contributed by atoms with E-state index in [0.717, 1.165) is 11.1 Å². The first-order valence-electron chi connectivity index (χ1n) is 7.38. The number of nitrogens with one attached hydrogen (secondary N) is 1. The van der Waals surface area contributed by atoms with Crippen LogP contribution >= 0.6 is 12.2 Å². The highest BCUT2D eigenvalue weighted by Gasteiger charge is 2.21. The highest BCUT2D eigenvalue weighted by molar-refractivity contribution is 7.71. The number of hydrogen-bond donors (Lipinski definition) is 2. The smallest absolute Gasteiger partial charge is 0.291 e. The Kier molecular flexibility index (Phi) is 4.72. The molecule has 2 N–H and O–H groups in total. The Balaban J connectivity index is 1.97. The molecule has 120 valence electrons. The van der Waals surface area contributed by atoms with Gasteiger partial charge < -0.3 is 14.8 Å². The van der Waals surface area contributed by atoms with Gasteiger partial charge in [-0.25, -0.2) is 0 Å². The first-order valence-corrected chi connectivity index (χ1v) is 7.79. The fourth-order valence-electron chi connectivity index (χ4n) is 2.42. The number of aromatic hydroxyl groups is 1. The van der Waals surface area contributed by atoms with E-state index < -0.39 is 5.91 Å². The van der Waals surface area contributed by atoms with E-state index in [9.17, 15) is 9.90 Å². The Labute approximate surface area is 144 Å². The van der Waals surface area contributed by atoms with E-state index >= 15 is 0 Å². The number of carbonyl (C=O) groups is 1. The van der Waals surface area contributed by atoms with Crippen molar-refractivity contribution in [1.29, 1.82) is 0 Å². The standard InChI is InChI=1S/C19H15NO3S/c21-17-15(24)11-12-23-18(17)19(22)20-16(13-7-3-1-4-8-13)14-9-5-2-6-10-14/h1-12,16,21H,(H,20,22). The third kappa shape index (κ3) is 3.36. The topological polar surface area (TPSA) is 62.5 Å². The van der Waals surface area contributed by atoms with Gasteiger partial charge in [0.25, 0.3) is 5.91 Å². The molecule has 0 saturated carbocycles. The highest BCUT2D eigenvalue weighted by atomic mass is 32.1. The maximum atomic E-state index is 12.6. The molecule has 1 aromatic heterocycles. The molecule has 5 heteroatoms. The first kappa shape index (κ1) is 16.0. The second-order valence-electron chi connectivity index (χ2n) is 5.19. The van der Waals surface area contributed by atoms with Crippen LogP contribution in [0, 0.1) is 4.51 Å². The number of carbonyl (C=O) groups excluding carboxylic acids is 1. The highest BCUT2D eigenvalue weighted by Crippen LogP contribution is 2.24. The van der Waals surface area contributed by atoms with Crippen LogP contribution in [0.2, 0.25) is 0 Å². The average Bonchev–Trinajstić information content (AvgIpc) is 2.63. The molecule has 0 bridgehead atoms. The molecular weight excluding hydrogens is 322 g/mol. The summed E-state index contributed by atoms with van der Waals surface area (Å²) in [5.74, 6) is -1.05. The van der Waals surface area contributed by atoms with Gasteiger partial charge in [0, 0.05) is 0 Å². The van der Waals surface area contributed by atoms with E-state index in [-0.39, 0.29) is 22.1 Å². The summed E-state index contributed by atoms with van der Waals surface area (Å²) in [7, 11) is 0. The number of hydrogen-bond acceptors (Lipinski definition) is 4. The molecule has 2 aromatic carbocycles. The summed E-state index contributed by atoms with van der Waals surface area (Å²) >= 11 is 4.97. The lowest BCUT2D eigenvalue weighted by Crippen LogP contribution is -2.29. The second-order valence-corrected chi connectivity index (χ2v) is 5.63. The van der Waals surface area contributed by atoms with Crippen molar-refractivity contribution in [1.82, 2.24) is 5.32 Å². The molecule has 0 unspecified atom stereocenters. The third-order valence-corrected chi connectivity index (χ3v) is 3.93. The molecule has 3 aromatic rings. The summed E-state index contributed by atoms with van der Waals surface area (Å²) in [6.45, 7) is 0. The van der Waals surface area contributed by atoms with Gasteiger partial charge in [0.1, 0.15) is 0 Å². The Morgan fingerprint density at radius 3 is 2.04 bits per heavy atom. The maximum Gasteiger partial charge on any atom is 0.291 e. The lowest BCUT2D eigenvalue weighted by Gasteiger charge is -2.19. The van der Waals surface area contributed by atoms with Crippen molar-refractivity contribution >= 4 is 18.1 Å². The van der Waals surface area contributed by atoms with Gasteiger partial charge in [-0.1, -0.05) is 72.9 Å². The van der Waals surface area contributed by atoms with Crippen LogP contribution in [-0.2, 0) is 0 Å². The van der Waals surface area contributed by atoms with Crippen molar-refractivity contribution in [3.05, 3.63) is 94.4 Å². The van der Waals surface area contributed by atoms with Crippen LogP contribution in [0.1, 0.15) is 27.7 Å². The molecule has 0 aliphatic heterocycles. The normalized spacial score (nSPS) is 10.5. The van der Waals surface area contributed by atoms with Gasteiger partial charge in [0.15, 0.2) is 5.75 Å². The van der Waals surface area contributed by atoms with Crippen molar-refractivity contribution in [2.45, 2.75) is 6.04 Å². The van der Waals surface area contributed by atoms with Gasteiger partial charge in [-0.3, -0.25) is 4.79 Å². The van der Waals surface area contributed by atoms with Gasteiger partial charge >= 0.3 is 0 Å². The molecule has 24 heavy (non-hydrogen) atoms. The van der Waals surface area contributed by atoms with Crippen LogP contribution in [0.5, 0.6) is 5.75 Å². The van der Waals surface area contributed by atoms with E-state index in [4.69, 9.17) is 16.6 Å². The van der Waals surface area contributed by atoms with Gasteiger partial charge in [-0.05, 0) is 17.2 Å². The van der Waals surface area contributed by atoms with Crippen molar-refractivity contribution in [3.8, 4) is 5.75 Å². The molecule has 0 aliphatic rings. The van der Waals surface area contributed by atoms with Crippen LogP contribution in [0.3, 0.4) is 0 Å². The molecule has 0 aliphatic carbocycles. The molecule has 0 atom stereocenters. The monoisotopic (exact) mass is 337 g/mol. The Morgan fingerprint density at radius 2 is 1.50 bits per heavy atom. The third-order valence-electron chi connectivity index (χ3n) is 3.60. The molecule has 0 fully saturated rings. The lowest BCUT2D eigenvalue weighted by atomic mass is 9.98. The van der Waals surface area contributed by atoms with Crippen LogP contribution in [0.25, 0.3) is 0 Å². The van der Waals surface area contributed by atoms with Gasteiger partial charge in [-0.15, -0.1) is 0 Å². The van der Waals surface area contributed by atoms with Crippen molar-refractivity contribution in [3.63, 3.8) is 0 Å². The summed E-state index contributed by atoms with van der Waals surface area (Å²) in [5.41, 5.74) is 1.84. The second kappa shape index (κ2) is 7.10. The lowest BCUT2D eigenvalue weighted by molar-refractivity contribution is 0.0907. The van der Waals surface area contributed by atoms with E-state index in [2.05, 4.69) is 5.32 Å². The Hall–Kier alpha value is -2.92. The van der Waals surface area contributed by atoms with Gasteiger partial charge in [0.05, 0.1) is 16.8 Å². The van der Waals surface area contributed by atoms with Crippen LogP contribution in [0.15, 0.2) is 77.4 Å². The molecule has 1 amide bonds. The van der Waals surface area contributed by atoms with E-state index in [0.29, 0.717) is 0 Å². The van der Waals surface area contributed by atoms with E-state index in [1.165, 1.54) is 12.3 Å². The number of rotatable bonds is 4. The summed E-state index contributed by atoms with van der Waals surface area (Å²) in [6.07, 6.45) is 1.29. The molecule has 3 rings (SSSR count). The molecular formula is C19H15NO3S. The molecule has 0 radical (unpaired) electrons. The minimum absolute atomic E-state index is 0.169. The first-order chi connectivity index (χ1) is 11.7. The van der Waals surface area contributed by atoms with Crippen LogP contribution in [0.4, 0.5) is 0 Å². The molecule has 4 nitrogen and oxygen atoms in total. The molecule has 1 heterocycles. The number of benzene rings is 2. The number of amides is 1. The molecule has 0 saturated heterocycles. The van der Waals surface area contributed by atoms with E-state index in [1.807, 2.05) is 60.7 Å². The summed E-state index contributed by atoms with van der Waals surface area (Å²) in [4.78, 5) is 12.6. The van der Waals surface area contributed by atoms with Crippen molar-refractivity contribution in [2.24, 2.45) is 0 Å². The maximum absolute atomic E-state index is 12.6. The Morgan fingerprint density at radius 1 is 0.958 bits per heavy atom. The van der Waals surface area contributed by atoms with Crippen molar-refractivity contribution in [2.75, 3.05) is 0 Å².